The number of hydrogen-bond donors (Lipinski definition) is 1. The van der Waals surface area contributed by atoms with Crippen molar-refractivity contribution in [3.05, 3.63) is 46.5 Å². The van der Waals surface area contributed by atoms with Gasteiger partial charge in [0.2, 0.25) is 5.01 Å². The maximum absolute atomic E-state index is 10.8. The number of methoxy groups -OCH3 is 1. The Bertz CT molecular complexity index is 776. The van der Waals surface area contributed by atoms with Gasteiger partial charge in [-0.15, -0.1) is 11.3 Å². The van der Waals surface area contributed by atoms with E-state index in [0.717, 1.165) is 33.7 Å². The minimum absolute atomic E-state index is 0.119. The first-order valence-corrected chi connectivity index (χ1v) is 6.86. The first-order chi connectivity index (χ1) is 9.69. The van der Waals surface area contributed by atoms with Crippen molar-refractivity contribution in [2.75, 3.05) is 7.11 Å². The predicted octanol–water partition coefficient (Wildman–Crippen LogP) is 2.85. The van der Waals surface area contributed by atoms with Crippen molar-refractivity contribution < 1.29 is 14.6 Å². The Morgan fingerprint density at radius 1 is 1.45 bits per heavy atom. The molecule has 5 nitrogen and oxygen atoms in total. The quantitative estimate of drug-likeness (QED) is 0.801. The van der Waals surface area contributed by atoms with Gasteiger partial charge in [0.15, 0.2) is 0 Å². The van der Waals surface area contributed by atoms with Gasteiger partial charge in [-0.1, -0.05) is 6.07 Å². The van der Waals surface area contributed by atoms with E-state index in [1.165, 1.54) is 0 Å². The van der Waals surface area contributed by atoms with Crippen LogP contribution in [0.25, 0.3) is 10.9 Å². The summed E-state index contributed by atoms with van der Waals surface area (Å²) >= 11 is 1.14. The van der Waals surface area contributed by atoms with Gasteiger partial charge in [-0.05, 0) is 18.2 Å². The summed E-state index contributed by atoms with van der Waals surface area (Å²) in [6, 6.07) is 7.83. The molecule has 2 aromatic heterocycles. The van der Waals surface area contributed by atoms with E-state index >= 15 is 0 Å². The second kappa shape index (κ2) is 4.97. The number of benzene rings is 1. The van der Waals surface area contributed by atoms with Gasteiger partial charge in [-0.25, -0.2) is 9.78 Å². The summed E-state index contributed by atoms with van der Waals surface area (Å²) in [6.45, 7) is 0.542. The van der Waals surface area contributed by atoms with Crippen molar-refractivity contribution in [2.45, 2.75) is 6.54 Å². The third-order valence-electron chi connectivity index (χ3n) is 3.06. The van der Waals surface area contributed by atoms with E-state index < -0.39 is 5.97 Å². The van der Waals surface area contributed by atoms with Crippen LogP contribution < -0.4 is 4.74 Å². The van der Waals surface area contributed by atoms with Crippen molar-refractivity contribution in [2.24, 2.45) is 0 Å². The molecule has 0 bridgehead atoms. The summed E-state index contributed by atoms with van der Waals surface area (Å²) in [5.74, 6) is -0.161. The van der Waals surface area contributed by atoms with Gasteiger partial charge in [0, 0.05) is 17.0 Å². The number of ether oxygens (including phenoxy) is 1. The minimum atomic E-state index is -0.986. The van der Waals surface area contributed by atoms with E-state index in [0.29, 0.717) is 6.54 Å². The summed E-state index contributed by atoms with van der Waals surface area (Å²) in [5.41, 5.74) is 1.78. The highest BCUT2D eigenvalue weighted by Gasteiger charge is 2.11. The molecule has 0 saturated carbocycles. The van der Waals surface area contributed by atoms with Crippen LogP contribution in [0.4, 0.5) is 0 Å². The number of aromatic nitrogens is 2. The predicted molar refractivity (Wildman–Crippen MR) is 76.7 cm³/mol. The molecule has 2 heterocycles. The van der Waals surface area contributed by atoms with Crippen molar-refractivity contribution >= 4 is 28.2 Å². The second-order valence-electron chi connectivity index (χ2n) is 4.29. The topological polar surface area (TPSA) is 64.3 Å². The average Bonchev–Trinajstić information content (AvgIpc) is 3.06. The second-order valence-corrected chi connectivity index (χ2v) is 5.14. The molecule has 3 rings (SSSR count). The molecule has 0 spiro atoms. The molecule has 0 atom stereocenters. The Hall–Kier alpha value is -2.34. The lowest BCUT2D eigenvalue weighted by atomic mass is 10.2. The molecule has 6 heteroatoms. The van der Waals surface area contributed by atoms with Gasteiger partial charge < -0.3 is 14.4 Å². The maximum Gasteiger partial charge on any atom is 0.365 e. The normalized spacial score (nSPS) is 10.8. The van der Waals surface area contributed by atoms with Crippen LogP contribution in [-0.4, -0.2) is 27.7 Å². The summed E-state index contributed by atoms with van der Waals surface area (Å²) < 4.78 is 7.35. The van der Waals surface area contributed by atoms with Crippen LogP contribution in [0.15, 0.2) is 35.8 Å². The lowest BCUT2D eigenvalue weighted by Crippen LogP contribution is -2.00. The SMILES string of the molecule is COc1cccc2c1ccn2Cc1csc(C(=O)O)n1. The third kappa shape index (κ3) is 2.14. The van der Waals surface area contributed by atoms with Gasteiger partial charge in [0.05, 0.1) is 24.9 Å². The number of nitrogens with zero attached hydrogens (tertiary/aromatic N) is 2. The van der Waals surface area contributed by atoms with E-state index in [4.69, 9.17) is 9.84 Å². The molecular formula is C14H12N2O3S. The summed E-state index contributed by atoms with van der Waals surface area (Å²) in [5, 5.41) is 11.8. The zero-order valence-electron chi connectivity index (χ0n) is 10.7. The molecule has 0 saturated heterocycles. The largest absolute Gasteiger partial charge is 0.496 e. The zero-order valence-corrected chi connectivity index (χ0v) is 11.6. The lowest BCUT2D eigenvalue weighted by Gasteiger charge is -2.05. The number of carbonyl (C=O) groups is 1. The van der Waals surface area contributed by atoms with Crippen LogP contribution >= 0.6 is 11.3 Å². The van der Waals surface area contributed by atoms with Gasteiger partial charge in [-0.3, -0.25) is 0 Å². The van der Waals surface area contributed by atoms with E-state index in [1.54, 1.807) is 12.5 Å². The van der Waals surface area contributed by atoms with Crippen molar-refractivity contribution in [3.63, 3.8) is 0 Å². The van der Waals surface area contributed by atoms with Crippen LogP contribution in [0, 0.1) is 0 Å². The monoisotopic (exact) mass is 288 g/mol. The van der Waals surface area contributed by atoms with Crippen LogP contribution in [0.1, 0.15) is 15.5 Å². The van der Waals surface area contributed by atoms with Crippen LogP contribution in [0.3, 0.4) is 0 Å². The van der Waals surface area contributed by atoms with Gasteiger partial charge >= 0.3 is 5.97 Å². The molecule has 20 heavy (non-hydrogen) atoms. The molecule has 0 unspecified atom stereocenters. The van der Waals surface area contributed by atoms with E-state index in [-0.39, 0.29) is 5.01 Å². The molecular weight excluding hydrogens is 276 g/mol. The maximum atomic E-state index is 10.8. The Balaban J connectivity index is 1.96. The first kappa shape index (κ1) is 12.7. The summed E-state index contributed by atoms with van der Waals surface area (Å²) in [6.07, 6.45) is 1.95. The van der Waals surface area contributed by atoms with E-state index in [2.05, 4.69) is 4.98 Å². The van der Waals surface area contributed by atoms with Crippen molar-refractivity contribution in [1.29, 1.82) is 0 Å². The molecule has 1 N–H and O–H groups in total. The fourth-order valence-corrected chi connectivity index (χ4v) is 2.81. The fraction of sp³-hybridized carbons (Fsp3) is 0.143. The lowest BCUT2D eigenvalue weighted by molar-refractivity contribution is 0.0696. The number of thiazole rings is 1. The molecule has 0 aliphatic heterocycles. The number of fused-ring (bicyclic) bond motifs is 1. The first-order valence-electron chi connectivity index (χ1n) is 5.98. The van der Waals surface area contributed by atoms with E-state index in [1.807, 2.05) is 35.0 Å². The number of carboxylic acid groups (broad SMARTS) is 1. The third-order valence-corrected chi connectivity index (χ3v) is 3.94. The molecule has 0 fully saturated rings. The van der Waals surface area contributed by atoms with Crippen molar-refractivity contribution in [1.82, 2.24) is 9.55 Å². The number of hydrogen-bond acceptors (Lipinski definition) is 4. The molecule has 102 valence electrons. The minimum Gasteiger partial charge on any atom is -0.496 e. The van der Waals surface area contributed by atoms with Crippen LogP contribution in [-0.2, 0) is 6.54 Å². The molecule has 0 aliphatic rings. The zero-order chi connectivity index (χ0) is 14.1. The highest BCUT2D eigenvalue weighted by Crippen LogP contribution is 2.26. The standard InChI is InChI=1S/C14H12N2O3S/c1-19-12-4-2-3-11-10(12)5-6-16(11)7-9-8-20-13(15-9)14(17)18/h2-6,8H,7H2,1H3,(H,17,18). The molecule has 0 radical (unpaired) electrons. The summed E-state index contributed by atoms with van der Waals surface area (Å²) in [7, 11) is 1.64. The Kier molecular flexibility index (Phi) is 3.15. The van der Waals surface area contributed by atoms with Gasteiger partial charge in [0.25, 0.3) is 0 Å². The van der Waals surface area contributed by atoms with E-state index in [9.17, 15) is 4.79 Å². The molecule has 0 amide bonds. The fourth-order valence-electron chi connectivity index (χ4n) is 2.16. The average molecular weight is 288 g/mol. The van der Waals surface area contributed by atoms with Gasteiger partial charge in [0.1, 0.15) is 5.75 Å². The Morgan fingerprint density at radius 2 is 2.30 bits per heavy atom. The summed E-state index contributed by atoms with van der Waals surface area (Å²) in [4.78, 5) is 14.9. The van der Waals surface area contributed by atoms with Gasteiger partial charge in [-0.2, -0.15) is 0 Å². The number of rotatable bonds is 4. The van der Waals surface area contributed by atoms with Crippen molar-refractivity contribution in [3.8, 4) is 5.75 Å². The molecule has 1 aromatic carbocycles. The molecule has 0 aliphatic carbocycles. The highest BCUT2D eigenvalue weighted by molar-refractivity contribution is 7.11. The number of carboxylic acids is 1. The Labute approximate surface area is 119 Å². The Morgan fingerprint density at radius 3 is 3.00 bits per heavy atom. The highest BCUT2D eigenvalue weighted by atomic mass is 32.1. The number of aromatic carboxylic acids is 1. The van der Waals surface area contributed by atoms with Crippen LogP contribution in [0.5, 0.6) is 5.75 Å². The smallest absolute Gasteiger partial charge is 0.365 e. The van der Waals surface area contributed by atoms with Crippen LogP contribution in [0.2, 0.25) is 0 Å². The molecule has 3 aromatic rings.